The summed E-state index contributed by atoms with van der Waals surface area (Å²) in [6, 6.07) is 3.22. The number of aliphatic carboxylic acids is 1. The number of nitrogens with zero attached hydrogens (tertiary/aromatic N) is 2. The first kappa shape index (κ1) is 26.8. The summed E-state index contributed by atoms with van der Waals surface area (Å²) in [4.78, 5) is 18.9. The predicted molar refractivity (Wildman–Crippen MR) is 136 cm³/mol. The number of allylic oxidation sites excluding steroid dienone is 2. The number of hydrogen-bond donors (Lipinski definition) is 3. The van der Waals surface area contributed by atoms with E-state index < -0.39 is 18.1 Å². The summed E-state index contributed by atoms with van der Waals surface area (Å²) >= 11 is 6.42. The second-order valence-corrected chi connectivity index (χ2v) is 8.53. The van der Waals surface area contributed by atoms with Crippen molar-refractivity contribution in [1.29, 1.82) is 0 Å². The van der Waals surface area contributed by atoms with Crippen LogP contribution in [0, 0.1) is 5.82 Å². The number of nitrogens with one attached hydrogen (secondary N) is 2. The van der Waals surface area contributed by atoms with E-state index in [0.29, 0.717) is 47.9 Å². The molecule has 3 rings (SSSR count). The van der Waals surface area contributed by atoms with Crippen LogP contribution in [0.5, 0.6) is 0 Å². The lowest BCUT2D eigenvalue weighted by Gasteiger charge is -2.19. The average molecular weight is 525 g/mol. The van der Waals surface area contributed by atoms with Crippen LogP contribution in [0.1, 0.15) is 24.5 Å². The Morgan fingerprint density at radius 2 is 2.34 bits per heavy atom. The van der Waals surface area contributed by atoms with Gasteiger partial charge in [0.15, 0.2) is 0 Å². The number of halogens is 2. The Hall–Kier alpha value is -2.78. The van der Waals surface area contributed by atoms with Gasteiger partial charge in [0, 0.05) is 36.9 Å². The summed E-state index contributed by atoms with van der Waals surface area (Å²) in [6.07, 6.45) is 3.98. The number of aliphatic imine (C=N–C) groups is 2. The Kier molecular flexibility index (Phi) is 9.80. The molecular formula is C23H27ClFN4O5P. The molecule has 1 aromatic rings. The summed E-state index contributed by atoms with van der Waals surface area (Å²) in [5.74, 6) is -1.36. The molecular weight excluding hydrogens is 498 g/mol. The van der Waals surface area contributed by atoms with E-state index in [9.17, 15) is 9.18 Å². The predicted octanol–water partition coefficient (Wildman–Crippen LogP) is 2.63. The molecule has 3 N–H and O–H groups in total. The summed E-state index contributed by atoms with van der Waals surface area (Å²) < 4.78 is 31.5. The maximum Gasteiger partial charge on any atom is 0.328 e. The van der Waals surface area contributed by atoms with Gasteiger partial charge >= 0.3 is 5.97 Å². The number of benzene rings is 1. The van der Waals surface area contributed by atoms with E-state index in [-0.39, 0.29) is 23.5 Å². The fraction of sp³-hybridized carbons (Fsp3) is 0.348. The molecule has 1 saturated heterocycles. The lowest BCUT2D eigenvalue weighted by atomic mass is 10.1. The fourth-order valence-corrected chi connectivity index (χ4v) is 4.09. The number of rotatable bonds is 10. The number of carbonyl (C=O) groups is 1. The van der Waals surface area contributed by atoms with Gasteiger partial charge in [0.05, 0.1) is 18.2 Å². The molecule has 0 aliphatic carbocycles. The van der Waals surface area contributed by atoms with Crippen LogP contribution >= 0.6 is 20.8 Å². The van der Waals surface area contributed by atoms with E-state index >= 15 is 0 Å². The molecule has 2 heterocycles. The molecule has 2 aliphatic rings. The smallest absolute Gasteiger partial charge is 0.328 e. The first-order chi connectivity index (χ1) is 16.8. The third kappa shape index (κ3) is 7.60. The number of amidine groups is 1. The lowest BCUT2D eigenvalue weighted by Crippen LogP contribution is -2.33. The summed E-state index contributed by atoms with van der Waals surface area (Å²) in [7, 11) is 2.44. The third-order valence-corrected chi connectivity index (χ3v) is 5.85. The van der Waals surface area contributed by atoms with Crippen molar-refractivity contribution in [3.05, 3.63) is 57.8 Å². The lowest BCUT2D eigenvalue weighted by molar-refractivity contribution is -0.131. The Morgan fingerprint density at radius 1 is 1.54 bits per heavy atom. The van der Waals surface area contributed by atoms with E-state index in [1.807, 2.05) is 6.92 Å². The zero-order chi connectivity index (χ0) is 25.4. The molecule has 3 atom stereocenters. The number of carboxylic acids is 1. The number of hydrogen-bond acceptors (Lipinski definition) is 8. The van der Waals surface area contributed by atoms with E-state index in [0.717, 1.165) is 12.5 Å². The minimum atomic E-state index is -1.11. The van der Waals surface area contributed by atoms with Gasteiger partial charge in [-0.3, -0.25) is 0 Å². The Morgan fingerprint density at radius 3 is 3.03 bits per heavy atom. The van der Waals surface area contributed by atoms with Gasteiger partial charge in [0.25, 0.3) is 6.02 Å². The van der Waals surface area contributed by atoms with Crippen molar-refractivity contribution < 1.29 is 28.5 Å². The van der Waals surface area contributed by atoms with Crippen LogP contribution in [0.15, 0.2) is 50.8 Å². The highest BCUT2D eigenvalue weighted by atomic mass is 35.5. The maximum atomic E-state index is 14.6. The topological polar surface area (TPSA) is 114 Å². The van der Waals surface area contributed by atoms with Crippen LogP contribution in [0.4, 0.5) is 4.39 Å². The van der Waals surface area contributed by atoms with Crippen molar-refractivity contribution in [2.45, 2.75) is 32.3 Å². The van der Waals surface area contributed by atoms with E-state index in [1.165, 1.54) is 12.1 Å². The van der Waals surface area contributed by atoms with Crippen LogP contribution in [0.25, 0.3) is 6.08 Å². The highest BCUT2D eigenvalue weighted by Crippen LogP contribution is 2.21. The molecule has 0 aromatic heterocycles. The van der Waals surface area contributed by atoms with Crippen molar-refractivity contribution in [2.24, 2.45) is 9.98 Å². The van der Waals surface area contributed by atoms with E-state index in [1.54, 1.807) is 12.1 Å². The van der Waals surface area contributed by atoms with Crippen molar-refractivity contribution in [3.8, 4) is 0 Å². The van der Waals surface area contributed by atoms with Crippen molar-refractivity contribution in [1.82, 2.24) is 10.6 Å². The summed E-state index contributed by atoms with van der Waals surface area (Å²) in [6.45, 7) is 6.96. The van der Waals surface area contributed by atoms with Crippen molar-refractivity contribution in [2.75, 3.05) is 19.8 Å². The highest BCUT2D eigenvalue weighted by Gasteiger charge is 2.32. The maximum absolute atomic E-state index is 14.6. The molecule has 12 heteroatoms. The van der Waals surface area contributed by atoms with Gasteiger partial charge in [-0.2, -0.15) is 0 Å². The molecule has 1 aromatic carbocycles. The van der Waals surface area contributed by atoms with Crippen LogP contribution in [0.2, 0.25) is 0 Å². The zero-order valence-corrected chi connectivity index (χ0v) is 21.0. The molecule has 0 spiro atoms. The molecule has 2 aliphatic heterocycles. The molecule has 1 fully saturated rings. The molecule has 9 nitrogen and oxygen atoms in total. The molecule has 0 bridgehead atoms. The van der Waals surface area contributed by atoms with Gasteiger partial charge in [-0.25, -0.2) is 19.2 Å². The standard InChI is InChI=1S/C23H27ClFN4O5P/c1-3-32-18-6-7-33-22(18)34-23-28-11-14(29-23)10-16(24)21(26-2)27-12-15-17(25)8-13(9-19(15)35)4-5-20(30)31/h4-5,8-10,18,22,27H,2-3,6-7,11-12,35H2,1H3,(H,28,29)(H,30,31)/b5-4+,14-10+,21-16-/t18-,22?/m1/s1. The van der Waals surface area contributed by atoms with Crippen molar-refractivity contribution >= 4 is 50.9 Å². The monoisotopic (exact) mass is 524 g/mol. The quantitative estimate of drug-likeness (QED) is 0.245. The van der Waals surface area contributed by atoms with Crippen LogP contribution in [-0.4, -0.2) is 56.0 Å². The Labute approximate surface area is 210 Å². The Balaban J connectivity index is 1.62. The van der Waals surface area contributed by atoms with Crippen LogP contribution < -0.4 is 15.9 Å². The average Bonchev–Trinajstić information content (AvgIpc) is 3.44. The molecule has 188 valence electrons. The Bertz CT molecular complexity index is 1070. The first-order valence-electron chi connectivity index (χ1n) is 10.8. The number of ether oxygens (including phenoxy) is 3. The third-order valence-electron chi connectivity index (χ3n) is 5.05. The molecule has 0 radical (unpaired) electrons. The highest BCUT2D eigenvalue weighted by molar-refractivity contribution is 7.27. The molecule has 35 heavy (non-hydrogen) atoms. The summed E-state index contributed by atoms with van der Waals surface area (Å²) in [5.41, 5.74) is 1.46. The first-order valence-corrected chi connectivity index (χ1v) is 11.8. The zero-order valence-electron chi connectivity index (χ0n) is 19.1. The normalized spacial score (nSPS) is 21.6. The van der Waals surface area contributed by atoms with Gasteiger partial charge in [-0.05, 0) is 48.8 Å². The van der Waals surface area contributed by atoms with Gasteiger partial charge in [0.2, 0.25) is 6.29 Å². The van der Waals surface area contributed by atoms with Gasteiger partial charge in [0.1, 0.15) is 17.7 Å². The molecule has 2 unspecified atom stereocenters. The van der Waals surface area contributed by atoms with Crippen molar-refractivity contribution in [3.63, 3.8) is 0 Å². The van der Waals surface area contributed by atoms with Crippen LogP contribution in [0.3, 0.4) is 0 Å². The van der Waals surface area contributed by atoms with Gasteiger partial charge in [-0.15, -0.1) is 9.24 Å². The minimum Gasteiger partial charge on any atom is -0.478 e. The van der Waals surface area contributed by atoms with E-state index in [2.05, 4.69) is 36.6 Å². The van der Waals surface area contributed by atoms with Gasteiger partial charge < -0.3 is 30.0 Å². The largest absolute Gasteiger partial charge is 0.478 e. The number of carboxylic acid groups (broad SMARTS) is 1. The fourth-order valence-electron chi connectivity index (χ4n) is 3.40. The molecule has 0 amide bonds. The minimum absolute atomic E-state index is 0.0808. The van der Waals surface area contributed by atoms with Crippen LogP contribution in [-0.2, 0) is 25.5 Å². The SMILES string of the molecule is C=N/C(NCc1c(F)cc(/C=C/C(=O)O)cc1P)=C(Cl)\C=C1/CN=C(OC2OCC[C@H]2OCC)N1. The second-order valence-electron chi connectivity index (χ2n) is 7.51. The second kappa shape index (κ2) is 12.8. The van der Waals surface area contributed by atoms with E-state index in [4.69, 9.17) is 30.9 Å². The van der Waals surface area contributed by atoms with Gasteiger partial charge in [-0.1, -0.05) is 11.6 Å². The summed E-state index contributed by atoms with van der Waals surface area (Å²) in [5, 5.41) is 15.6. The molecule has 0 saturated carbocycles.